The van der Waals surface area contributed by atoms with Gasteiger partial charge in [0.25, 0.3) is 0 Å². The molecular formula is C22H25N3O2S. The Hall–Kier alpha value is -2.73. The molecule has 2 aromatic carbocycles. The summed E-state index contributed by atoms with van der Waals surface area (Å²) >= 11 is 1.67. The summed E-state index contributed by atoms with van der Waals surface area (Å²) in [5.74, 6) is -0.330. The highest BCUT2D eigenvalue weighted by atomic mass is 32.1. The van der Waals surface area contributed by atoms with E-state index in [1.165, 1.54) is 4.70 Å². The molecule has 0 aliphatic heterocycles. The summed E-state index contributed by atoms with van der Waals surface area (Å²) in [6.45, 7) is 5.94. The van der Waals surface area contributed by atoms with Crippen molar-refractivity contribution < 1.29 is 9.59 Å². The van der Waals surface area contributed by atoms with Gasteiger partial charge in [-0.3, -0.25) is 9.59 Å². The van der Waals surface area contributed by atoms with Crippen molar-refractivity contribution >= 4 is 39.1 Å². The van der Waals surface area contributed by atoms with Gasteiger partial charge < -0.3 is 10.6 Å². The topological polar surface area (TPSA) is 71.1 Å². The molecule has 0 spiro atoms. The third-order valence-corrected chi connectivity index (χ3v) is 5.62. The van der Waals surface area contributed by atoms with Crippen LogP contribution in [0.2, 0.25) is 0 Å². The summed E-state index contributed by atoms with van der Waals surface area (Å²) in [7, 11) is 0. The van der Waals surface area contributed by atoms with E-state index in [0.717, 1.165) is 39.3 Å². The van der Waals surface area contributed by atoms with Gasteiger partial charge in [0.15, 0.2) is 0 Å². The monoisotopic (exact) mass is 395 g/mol. The minimum atomic E-state index is -0.213. The van der Waals surface area contributed by atoms with Crippen molar-refractivity contribution in [2.75, 3.05) is 11.9 Å². The highest BCUT2D eigenvalue weighted by molar-refractivity contribution is 7.18. The maximum Gasteiger partial charge on any atom is 0.243 e. The average Bonchev–Trinajstić information content (AvgIpc) is 3.05. The van der Waals surface area contributed by atoms with Gasteiger partial charge in [0.2, 0.25) is 11.8 Å². The molecule has 5 nitrogen and oxygen atoms in total. The molecule has 0 radical (unpaired) electrons. The van der Waals surface area contributed by atoms with Crippen molar-refractivity contribution in [2.24, 2.45) is 0 Å². The van der Waals surface area contributed by atoms with Gasteiger partial charge in [-0.25, -0.2) is 4.98 Å². The molecule has 0 saturated heterocycles. The van der Waals surface area contributed by atoms with Crippen LogP contribution < -0.4 is 10.6 Å². The summed E-state index contributed by atoms with van der Waals surface area (Å²) < 4.78 is 1.17. The highest BCUT2D eigenvalue weighted by Crippen LogP contribution is 2.23. The molecule has 3 aromatic rings. The molecule has 3 rings (SSSR count). The smallest absolute Gasteiger partial charge is 0.243 e. The summed E-state index contributed by atoms with van der Waals surface area (Å²) in [6, 6.07) is 12.1. The Morgan fingerprint density at radius 1 is 1.04 bits per heavy atom. The first kappa shape index (κ1) is 20.0. The maximum atomic E-state index is 12.2. The number of amides is 2. The Labute approximate surface area is 169 Å². The predicted octanol–water partition coefficient (Wildman–Crippen LogP) is 4.30. The lowest BCUT2D eigenvalue weighted by Crippen LogP contribution is -2.33. The SMILES string of the molecule is Cc1cc(C)c(NC(=O)CNC(=O)CCCc2nc3ccccc3s2)c(C)c1. The van der Waals surface area contributed by atoms with Gasteiger partial charge in [0.1, 0.15) is 0 Å². The quantitative estimate of drug-likeness (QED) is 0.627. The third-order valence-electron chi connectivity index (χ3n) is 4.52. The first-order chi connectivity index (χ1) is 13.4. The van der Waals surface area contributed by atoms with Gasteiger partial charge in [-0.2, -0.15) is 0 Å². The van der Waals surface area contributed by atoms with Crippen molar-refractivity contribution in [1.82, 2.24) is 10.3 Å². The lowest BCUT2D eigenvalue weighted by molar-refractivity contribution is -0.124. The Morgan fingerprint density at radius 3 is 2.46 bits per heavy atom. The number of benzene rings is 2. The second-order valence-corrected chi connectivity index (χ2v) is 8.14. The molecule has 6 heteroatoms. The standard InChI is InChI=1S/C22H25N3O2S/c1-14-11-15(2)22(16(3)12-14)25-20(27)13-23-19(26)9-6-10-21-24-17-7-4-5-8-18(17)28-21/h4-5,7-8,11-12H,6,9-10,13H2,1-3H3,(H,23,26)(H,25,27). The van der Waals surface area contributed by atoms with Crippen LogP contribution in [0.5, 0.6) is 0 Å². The number of rotatable bonds is 7. The number of anilines is 1. The lowest BCUT2D eigenvalue weighted by atomic mass is 10.1. The van der Waals surface area contributed by atoms with Crippen LogP contribution in [0, 0.1) is 20.8 Å². The molecule has 2 N–H and O–H groups in total. The lowest BCUT2D eigenvalue weighted by Gasteiger charge is -2.13. The molecule has 2 amide bonds. The third kappa shape index (κ3) is 5.16. The molecule has 0 saturated carbocycles. The normalized spacial score (nSPS) is 10.8. The number of carbonyl (C=O) groups is 2. The van der Waals surface area contributed by atoms with Gasteiger partial charge in [-0.05, 0) is 56.9 Å². The summed E-state index contributed by atoms with van der Waals surface area (Å²) in [4.78, 5) is 28.8. The highest BCUT2D eigenvalue weighted by Gasteiger charge is 2.10. The van der Waals surface area contributed by atoms with Crippen LogP contribution in [-0.2, 0) is 16.0 Å². The van der Waals surface area contributed by atoms with Crippen LogP contribution in [0.25, 0.3) is 10.2 Å². The van der Waals surface area contributed by atoms with Crippen LogP contribution in [0.4, 0.5) is 5.69 Å². The fourth-order valence-corrected chi connectivity index (χ4v) is 4.26. The van der Waals surface area contributed by atoms with Crippen molar-refractivity contribution in [2.45, 2.75) is 40.0 Å². The van der Waals surface area contributed by atoms with Crippen LogP contribution in [0.15, 0.2) is 36.4 Å². The second kappa shape index (κ2) is 8.97. The minimum absolute atomic E-state index is 0.0211. The molecule has 146 valence electrons. The summed E-state index contributed by atoms with van der Waals surface area (Å²) in [5.41, 5.74) is 5.03. The fraction of sp³-hybridized carbons (Fsp3) is 0.318. The number of aryl methyl sites for hydroxylation is 4. The Morgan fingerprint density at radius 2 is 1.75 bits per heavy atom. The van der Waals surface area contributed by atoms with E-state index in [0.29, 0.717) is 12.8 Å². The van der Waals surface area contributed by atoms with Crippen LogP contribution in [0.3, 0.4) is 0 Å². The Kier molecular flexibility index (Phi) is 6.41. The zero-order valence-electron chi connectivity index (χ0n) is 16.5. The number of nitrogens with one attached hydrogen (secondary N) is 2. The first-order valence-electron chi connectivity index (χ1n) is 9.41. The first-order valence-corrected chi connectivity index (χ1v) is 10.2. The number of hydrogen-bond acceptors (Lipinski definition) is 4. The van der Waals surface area contributed by atoms with Crippen LogP contribution >= 0.6 is 11.3 Å². The van der Waals surface area contributed by atoms with E-state index in [1.807, 2.05) is 51.1 Å². The predicted molar refractivity (Wildman–Crippen MR) is 115 cm³/mol. The fourth-order valence-electron chi connectivity index (χ4n) is 3.26. The molecule has 0 aliphatic carbocycles. The van der Waals surface area contributed by atoms with Crippen molar-refractivity contribution in [1.29, 1.82) is 0 Å². The molecule has 0 fully saturated rings. The van der Waals surface area contributed by atoms with Gasteiger partial charge in [0, 0.05) is 12.1 Å². The molecular weight excluding hydrogens is 370 g/mol. The average molecular weight is 396 g/mol. The van der Waals surface area contributed by atoms with E-state index in [-0.39, 0.29) is 18.4 Å². The largest absolute Gasteiger partial charge is 0.347 e. The van der Waals surface area contributed by atoms with E-state index in [4.69, 9.17) is 0 Å². The number of aromatic nitrogens is 1. The van der Waals surface area contributed by atoms with Crippen LogP contribution in [-0.4, -0.2) is 23.3 Å². The summed E-state index contributed by atoms with van der Waals surface area (Å²) in [6.07, 6.45) is 1.86. The molecule has 0 unspecified atom stereocenters. The Bertz CT molecular complexity index is 954. The van der Waals surface area contributed by atoms with E-state index in [9.17, 15) is 9.59 Å². The molecule has 1 heterocycles. The van der Waals surface area contributed by atoms with E-state index in [1.54, 1.807) is 11.3 Å². The van der Waals surface area contributed by atoms with Gasteiger partial charge in [0.05, 0.1) is 21.8 Å². The number of thiazole rings is 1. The maximum absolute atomic E-state index is 12.2. The van der Waals surface area contributed by atoms with E-state index in [2.05, 4.69) is 21.7 Å². The van der Waals surface area contributed by atoms with E-state index >= 15 is 0 Å². The molecule has 1 aromatic heterocycles. The van der Waals surface area contributed by atoms with Crippen molar-refractivity contribution in [3.05, 3.63) is 58.1 Å². The molecule has 28 heavy (non-hydrogen) atoms. The number of carbonyl (C=O) groups excluding carboxylic acids is 2. The number of nitrogens with zero attached hydrogens (tertiary/aromatic N) is 1. The van der Waals surface area contributed by atoms with E-state index < -0.39 is 0 Å². The summed E-state index contributed by atoms with van der Waals surface area (Å²) in [5, 5.41) is 6.63. The molecule has 0 aliphatic rings. The van der Waals surface area contributed by atoms with Crippen molar-refractivity contribution in [3.8, 4) is 0 Å². The number of hydrogen-bond donors (Lipinski definition) is 2. The minimum Gasteiger partial charge on any atom is -0.347 e. The van der Waals surface area contributed by atoms with Crippen LogP contribution in [0.1, 0.15) is 34.5 Å². The molecule has 0 bridgehead atoms. The Balaban J connectivity index is 1.42. The number of para-hydroxylation sites is 1. The van der Waals surface area contributed by atoms with Crippen molar-refractivity contribution in [3.63, 3.8) is 0 Å². The van der Waals surface area contributed by atoms with Gasteiger partial charge in [-0.15, -0.1) is 11.3 Å². The zero-order valence-corrected chi connectivity index (χ0v) is 17.3. The van der Waals surface area contributed by atoms with Gasteiger partial charge >= 0.3 is 0 Å². The second-order valence-electron chi connectivity index (χ2n) is 7.03. The van der Waals surface area contributed by atoms with Gasteiger partial charge in [-0.1, -0.05) is 29.8 Å². The number of fused-ring (bicyclic) bond motifs is 1. The zero-order chi connectivity index (χ0) is 20.1. The molecule has 0 atom stereocenters.